The Kier molecular flexibility index (Phi) is 7.66. The van der Waals surface area contributed by atoms with Gasteiger partial charge in [-0.05, 0) is 52.2 Å². The van der Waals surface area contributed by atoms with Crippen molar-refractivity contribution in [3.63, 3.8) is 0 Å². The molecule has 3 atom stereocenters. The molecule has 0 aliphatic rings. The molecule has 1 heterocycles. The molecule has 0 amide bonds. The van der Waals surface area contributed by atoms with Gasteiger partial charge in [0.2, 0.25) is 0 Å². The number of nitrogens with zero attached hydrogens (tertiary/aromatic N) is 1. The van der Waals surface area contributed by atoms with Crippen LogP contribution in [0, 0.1) is 5.92 Å². The van der Waals surface area contributed by atoms with E-state index in [4.69, 9.17) is 4.74 Å². The summed E-state index contributed by atoms with van der Waals surface area (Å²) in [5.74, 6) is 1.34. The van der Waals surface area contributed by atoms with Crippen molar-refractivity contribution in [3.8, 4) is 5.75 Å². The molecule has 1 aromatic rings. The molecule has 0 radical (unpaired) electrons. The summed E-state index contributed by atoms with van der Waals surface area (Å²) < 4.78 is 20.7. The first-order chi connectivity index (χ1) is 10.2. The standard InChI is InChI=1S/C17H30N2O2S/c1-7-8-13(2)12-21-15-9-10-16(18-11-15)14(3)19-22(20)17(4,5)6/h9-11,13-14,19H,7-8,12H2,1-6H3/t13?,14-,22+/m0/s1. The van der Waals surface area contributed by atoms with Crippen LogP contribution in [0.2, 0.25) is 0 Å². The Morgan fingerprint density at radius 1 is 1.32 bits per heavy atom. The summed E-state index contributed by atoms with van der Waals surface area (Å²) in [5.41, 5.74) is 0.867. The smallest absolute Gasteiger partial charge is 0.137 e. The second kappa shape index (κ2) is 8.75. The van der Waals surface area contributed by atoms with Crippen molar-refractivity contribution in [1.82, 2.24) is 9.71 Å². The van der Waals surface area contributed by atoms with E-state index in [0.717, 1.165) is 18.1 Å². The normalized spacial score (nSPS) is 16.1. The molecule has 1 N–H and O–H groups in total. The molecule has 22 heavy (non-hydrogen) atoms. The summed E-state index contributed by atoms with van der Waals surface area (Å²) in [7, 11) is 0. The van der Waals surface area contributed by atoms with Crippen LogP contribution >= 0.6 is 0 Å². The zero-order chi connectivity index (χ0) is 16.8. The van der Waals surface area contributed by atoms with E-state index in [2.05, 4.69) is 23.6 Å². The van der Waals surface area contributed by atoms with Crippen LogP contribution in [0.4, 0.5) is 0 Å². The second-order valence-corrected chi connectivity index (χ2v) is 8.84. The molecule has 4 nitrogen and oxygen atoms in total. The molecule has 1 unspecified atom stereocenters. The van der Waals surface area contributed by atoms with Gasteiger partial charge in [-0.25, -0.2) is 0 Å². The van der Waals surface area contributed by atoms with Crippen LogP contribution in [-0.4, -0.2) is 20.9 Å². The number of pyridine rings is 1. The van der Waals surface area contributed by atoms with Crippen LogP contribution in [0.25, 0.3) is 0 Å². The van der Waals surface area contributed by atoms with E-state index in [9.17, 15) is 4.55 Å². The van der Waals surface area contributed by atoms with Gasteiger partial charge in [-0.3, -0.25) is 4.98 Å². The van der Waals surface area contributed by atoms with E-state index in [0.29, 0.717) is 5.92 Å². The highest BCUT2D eigenvalue weighted by Crippen LogP contribution is 2.20. The van der Waals surface area contributed by atoms with Gasteiger partial charge in [0.15, 0.2) is 0 Å². The Labute approximate surface area is 138 Å². The van der Waals surface area contributed by atoms with Gasteiger partial charge in [-0.2, -0.15) is 0 Å². The van der Waals surface area contributed by atoms with E-state index in [1.165, 1.54) is 12.8 Å². The predicted octanol–water partition coefficient (Wildman–Crippen LogP) is 4.01. The highest BCUT2D eigenvalue weighted by atomic mass is 32.2. The van der Waals surface area contributed by atoms with Crippen LogP contribution < -0.4 is 9.46 Å². The molecular weight excluding hydrogens is 296 g/mol. The van der Waals surface area contributed by atoms with Crippen LogP contribution in [0.1, 0.15) is 66.1 Å². The van der Waals surface area contributed by atoms with Gasteiger partial charge in [0.05, 0.1) is 24.5 Å². The lowest BCUT2D eigenvalue weighted by molar-refractivity contribution is 0.250. The Morgan fingerprint density at radius 2 is 2.00 bits per heavy atom. The average Bonchev–Trinajstić information content (AvgIpc) is 2.45. The molecule has 126 valence electrons. The summed E-state index contributed by atoms with van der Waals surface area (Å²) in [4.78, 5) is 4.42. The van der Waals surface area contributed by atoms with E-state index in [-0.39, 0.29) is 10.8 Å². The van der Waals surface area contributed by atoms with E-state index in [1.54, 1.807) is 6.20 Å². The molecule has 0 spiro atoms. The predicted molar refractivity (Wildman–Crippen MR) is 93.3 cm³/mol. The van der Waals surface area contributed by atoms with Gasteiger partial charge < -0.3 is 9.29 Å². The summed E-state index contributed by atoms with van der Waals surface area (Å²) in [5, 5.41) is 0. The lowest BCUT2D eigenvalue weighted by Gasteiger charge is -2.26. The first-order valence-corrected chi connectivity index (χ1v) is 9.15. The third kappa shape index (κ3) is 6.55. The minimum absolute atomic E-state index is 0.0619. The number of hydrogen-bond acceptors (Lipinski definition) is 4. The Morgan fingerprint density at radius 3 is 2.50 bits per heavy atom. The Balaban J connectivity index is 2.53. The highest BCUT2D eigenvalue weighted by molar-refractivity contribution is 7.90. The number of nitrogens with one attached hydrogen (secondary N) is 1. The van der Waals surface area contributed by atoms with Crippen molar-refractivity contribution in [2.45, 2.75) is 65.2 Å². The quantitative estimate of drug-likeness (QED) is 0.733. The van der Waals surface area contributed by atoms with E-state index in [1.807, 2.05) is 39.8 Å². The molecular formula is C17H30N2O2S. The Hall–Kier alpha value is -0.780. The molecule has 0 fully saturated rings. The highest BCUT2D eigenvalue weighted by Gasteiger charge is 2.28. The molecule has 5 heteroatoms. The molecule has 0 aromatic carbocycles. The van der Waals surface area contributed by atoms with Crippen LogP contribution in [0.15, 0.2) is 18.3 Å². The number of hydrogen-bond donors (Lipinski definition) is 1. The summed E-state index contributed by atoms with van der Waals surface area (Å²) in [6, 6.07) is 3.80. The zero-order valence-electron chi connectivity index (χ0n) is 14.7. The number of aromatic nitrogens is 1. The van der Waals surface area contributed by atoms with Gasteiger partial charge in [0, 0.05) is 11.4 Å². The fourth-order valence-corrected chi connectivity index (χ4v) is 2.74. The fraction of sp³-hybridized carbons (Fsp3) is 0.706. The van der Waals surface area contributed by atoms with Crippen LogP contribution in [0.5, 0.6) is 5.75 Å². The maximum Gasteiger partial charge on any atom is 0.137 e. The lowest BCUT2D eigenvalue weighted by atomic mass is 10.1. The van der Waals surface area contributed by atoms with Crippen molar-refractivity contribution >= 4 is 11.4 Å². The lowest BCUT2D eigenvalue weighted by Crippen LogP contribution is -2.40. The van der Waals surface area contributed by atoms with Gasteiger partial charge in [0.1, 0.15) is 10.5 Å². The average molecular weight is 327 g/mol. The van der Waals surface area contributed by atoms with Crippen molar-refractivity contribution in [2.24, 2.45) is 5.92 Å². The van der Waals surface area contributed by atoms with Crippen molar-refractivity contribution in [2.75, 3.05) is 6.61 Å². The molecule has 0 aliphatic carbocycles. The molecule has 1 aromatic heterocycles. The molecule has 0 aliphatic heterocycles. The minimum Gasteiger partial charge on any atom is -0.598 e. The van der Waals surface area contributed by atoms with Gasteiger partial charge >= 0.3 is 0 Å². The molecule has 0 bridgehead atoms. The maximum atomic E-state index is 12.1. The van der Waals surface area contributed by atoms with E-state index < -0.39 is 11.4 Å². The minimum atomic E-state index is -1.11. The van der Waals surface area contributed by atoms with Crippen LogP contribution in [-0.2, 0) is 11.4 Å². The first-order valence-electron chi connectivity index (χ1n) is 8.00. The SMILES string of the molecule is CCCC(C)COc1ccc([C@H](C)N[S@+]([O-])C(C)(C)C)nc1. The fourth-order valence-electron chi connectivity index (χ4n) is 1.95. The van der Waals surface area contributed by atoms with Crippen molar-refractivity contribution in [3.05, 3.63) is 24.0 Å². The molecule has 0 saturated heterocycles. The molecule has 0 saturated carbocycles. The van der Waals surface area contributed by atoms with E-state index >= 15 is 0 Å². The monoisotopic (exact) mass is 326 g/mol. The van der Waals surface area contributed by atoms with Gasteiger partial charge in [-0.1, -0.05) is 20.3 Å². The third-order valence-electron chi connectivity index (χ3n) is 3.36. The van der Waals surface area contributed by atoms with Crippen molar-refractivity contribution in [1.29, 1.82) is 0 Å². The van der Waals surface area contributed by atoms with Crippen molar-refractivity contribution < 1.29 is 9.29 Å². The summed E-state index contributed by atoms with van der Waals surface area (Å²) in [6.07, 6.45) is 4.09. The number of rotatable bonds is 8. The van der Waals surface area contributed by atoms with Gasteiger partial charge in [-0.15, -0.1) is 4.72 Å². The van der Waals surface area contributed by atoms with Crippen LogP contribution in [0.3, 0.4) is 0 Å². The zero-order valence-corrected chi connectivity index (χ0v) is 15.5. The summed E-state index contributed by atoms with van der Waals surface area (Å²) in [6.45, 7) is 12.9. The topological polar surface area (TPSA) is 57.2 Å². The van der Waals surface area contributed by atoms with Gasteiger partial charge in [0.25, 0.3) is 0 Å². The second-order valence-electron chi connectivity index (χ2n) is 6.84. The number of ether oxygens (including phenoxy) is 1. The Bertz CT molecular complexity index is 431. The molecule has 1 rings (SSSR count). The largest absolute Gasteiger partial charge is 0.598 e. The third-order valence-corrected chi connectivity index (χ3v) is 5.04. The first kappa shape index (κ1) is 19.3. The summed E-state index contributed by atoms with van der Waals surface area (Å²) >= 11 is -1.11. The maximum absolute atomic E-state index is 12.1.